The van der Waals surface area contributed by atoms with Gasteiger partial charge in [-0.2, -0.15) is 43.9 Å². The summed E-state index contributed by atoms with van der Waals surface area (Å²) in [7, 11) is -20.4. The van der Waals surface area contributed by atoms with Crippen LogP contribution in [0.2, 0.25) is 0 Å². The van der Waals surface area contributed by atoms with Crippen LogP contribution in [0.1, 0.15) is 0 Å². The number of nitrogens with zero attached hydrogens (tertiary/aromatic N) is 8. The zero-order chi connectivity index (χ0) is 57.1. The lowest BCUT2D eigenvalue weighted by Gasteiger charge is -2.12. The van der Waals surface area contributed by atoms with E-state index in [0.717, 1.165) is 36.4 Å². The molecule has 10 rings (SSSR count). The predicted octanol–water partition coefficient (Wildman–Crippen LogP) is 13.4. The van der Waals surface area contributed by atoms with Gasteiger partial charge in [-0.05, 0) is 105 Å². The summed E-state index contributed by atoms with van der Waals surface area (Å²) in [5, 5.41) is 77.8. The van der Waals surface area contributed by atoms with E-state index in [4.69, 9.17) is 0 Å². The average Bonchev–Trinajstić information content (AvgIpc) is 3.61. The second-order valence-corrected chi connectivity index (χ2v) is 23.0. The van der Waals surface area contributed by atoms with Crippen molar-refractivity contribution < 1.29 is 72.3 Å². The molecule has 0 aliphatic carbocycles. The standard InChI is InChI=1S/C52H34N8O16S4/c61-41-19-13-29-5-1-3-7-37(29)47(41)57-55-39-25-35(77(65,66)67)21-31-23-43(79(71,72)73)49(51(63)45(31)39)59-53-33-15-9-27(10-16-33)28-11-17-34(18-12-28)54-60-50-44(80(74,75)76)24-32-22-36(78(68,69)70)26-40(46(32)52(50)64)56-58-48-38-8-4-2-6-30(38)14-20-42(48)62/h1-26,61-64H,(H,65,66,67)(H,68,69,70)(H,71,72,73)(H,74,75,76). The molecule has 0 atom stereocenters. The second kappa shape index (κ2) is 20.4. The molecule has 0 saturated heterocycles. The zero-order valence-corrected chi connectivity index (χ0v) is 43.3. The van der Waals surface area contributed by atoms with Crippen LogP contribution in [0.25, 0.3) is 54.2 Å². The third-order valence-electron chi connectivity index (χ3n) is 12.2. The summed E-state index contributed by atoms with van der Waals surface area (Å²) in [6.07, 6.45) is 0. The van der Waals surface area contributed by atoms with Gasteiger partial charge in [-0.1, -0.05) is 84.9 Å². The van der Waals surface area contributed by atoms with Crippen LogP contribution in [0, 0.1) is 0 Å². The SMILES string of the molecule is O=S(=O)(O)c1cc(N=Nc2c(O)ccc3ccccc23)c2c(O)c(N=Nc3ccc(-c4ccc(N=Nc5c(S(=O)(=O)O)cc6cc(S(=O)(=O)O)cc(N=Nc7c(O)ccc8ccccc78)c6c5O)cc4)cc3)c(S(=O)(=O)O)cc2c1. The van der Waals surface area contributed by atoms with Crippen molar-refractivity contribution in [3.8, 4) is 34.1 Å². The third kappa shape index (κ3) is 10.7. The largest absolute Gasteiger partial charge is 0.506 e. The van der Waals surface area contributed by atoms with E-state index in [0.29, 0.717) is 32.7 Å². The van der Waals surface area contributed by atoms with E-state index in [1.165, 1.54) is 36.4 Å². The quantitative estimate of drug-likeness (QED) is 0.0393. The predicted molar refractivity (Wildman–Crippen MR) is 290 cm³/mol. The van der Waals surface area contributed by atoms with E-state index in [1.54, 1.807) is 84.9 Å². The molecule has 28 heteroatoms. The Balaban J connectivity index is 0.964. The summed E-state index contributed by atoms with van der Waals surface area (Å²) in [6.45, 7) is 0. The molecule has 0 aliphatic rings. The molecule has 0 spiro atoms. The number of benzene rings is 10. The maximum atomic E-state index is 12.7. The number of hydrogen-bond acceptors (Lipinski definition) is 20. The molecule has 0 heterocycles. The highest BCUT2D eigenvalue weighted by atomic mass is 32.2. The Morgan fingerprint density at radius 3 is 1.01 bits per heavy atom. The van der Waals surface area contributed by atoms with Crippen molar-refractivity contribution in [2.24, 2.45) is 40.9 Å². The van der Waals surface area contributed by atoms with Crippen molar-refractivity contribution >= 4 is 129 Å². The second-order valence-electron chi connectivity index (χ2n) is 17.3. The van der Waals surface area contributed by atoms with Gasteiger partial charge in [0.1, 0.15) is 44.0 Å². The maximum Gasteiger partial charge on any atom is 0.296 e. The Bertz CT molecular complexity index is 4560. The third-order valence-corrected chi connectivity index (χ3v) is 15.6. The first-order valence-corrected chi connectivity index (χ1v) is 28.5. The average molecular weight is 1160 g/mol. The minimum Gasteiger partial charge on any atom is -0.506 e. The van der Waals surface area contributed by atoms with Gasteiger partial charge < -0.3 is 20.4 Å². The van der Waals surface area contributed by atoms with Crippen LogP contribution in [0.5, 0.6) is 23.0 Å². The summed E-state index contributed by atoms with van der Waals surface area (Å²) < 4.78 is 141. The van der Waals surface area contributed by atoms with Gasteiger partial charge >= 0.3 is 0 Å². The molecule has 24 nitrogen and oxygen atoms in total. The number of phenols is 4. The van der Waals surface area contributed by atoms with Crippen molar-refractivity contribution in [1.82, 2.24) is 0 Å². The lowest BCUT2D eigenvalue weighted by Crippen LogP contribution is -2.01. The number of phenolic OH excluding ortho intramolecular Hbond substituents is 4. The van der Waals surface area contributed by atoms with E-state index in [2.05, 4.69) is 40.9 Å². The molecule has 0 aromatic heterocycles. The van der Waals surface area contributed by atoms with Crippen LogP contribution < -0.4 is 0 Å². The van der Waals surface area contributed by atoms with Gasteiger partial charge in [0.25, 0.3) is 40.5 Å². The Morgan fingerprint density at radius 2 is 0.662 bits per heavy atom. The number of aromatic hydroxyl groups is 4. The van der Waals surface area contributed by atoms with E-state index >= 15 is 0 Å². The van der Waals surface area contributed by atoms with Crippen molar-refractivity contribution in [3.63, 3.8) is 0 Å². The number of azo groups is 4. The number of rotatable bonds is 13. The number of fused-ring (bicyclic) bond motifs is 4. The van der Waals surface area contributed by atoms with Gasteiger partial charge in [-0.3, -0.25) is 18.2 Å². The topological polar surface area (TPSA) is 397 Å². The summed E-state index contributed by atoms with van der Waals surface area (Å²) >= 11 is 0. The summed E-state index contributed by atoms with van der Waals surface area (Å²) in [6, 6.07) is 36.4. The molecule has 80 heavy (non-hydrogen) atoms. The highest BCUT2D eigenvalue weighted by Gasteiger charge is 2.28. The molecule has 0 unspecified atom stereocenters. The Labute approximate surface area is 451 Å². The minimum absolute atomic E-state index is 0.0517. The molecule has 0 amide bonds. The fourth-order valence-corrected chi connectivity index (χ4v) is 10.9. The molecular formula is C52H34N8O16S4. The van der Waals surface area contributed by atoms with Crippen molar-refractivity contribution in [2.45, 2.75) is 19.6 Å². The van der Waals surface area contributed by atoms with Gasteiger partial charge in [-0.15, -0.1) is 30.7 Å². The zero-order valence-electron chi connectivity index (χ0n) is 40.1. The highest BCUT2D eigenvalue weighted by molar-refractivity contribution is 7.86. The van der Waals surface area contributed by atoms with Gasteiger partial charge in [-0.25, -0.2) is 0 Å². The lowest BCUT2D eigenvalue weighted by molar-refractivity contribution is 0.471. The van der Waals surface area contributed by atoms with Gasteiger partial charge in [0.05, 0.1) is 43.3 Å². The van der Waals surface area contributed by atoms with E-state index in [9.17, 15) is 72.3 Å². The normalized spacial score (nSPS) is 12.9. The molecule has 10 aromatic carbocycles. The molecular weight excluding hydrogens is 1120 g/mol. The summed E-state index contributed by atoms with van der Waals surface area (Å²) in [5.41, 5.74) is -1.27. The molecule has 402 valence electrons. The highest BCUT2D eigenvalue weighted by Crippen LogP contribution is 2.49. The van der Waals surface area contributed by atoms with Gasteiger partial charge in [0.2, 0.25) is 0 Å². The smallest absolute Gasteiger partial charge is 0.296 e. The fraction of sp³-hybridized carbons (Fsp3) is 0. The molecule has 0 bridgehead atoms. The Kier molecular flexibility index (Phi) is 13.7. The van der Waals surface area contributed by atoms with Crippen LogP contribution in [-0.2, 0) is 40.5 Å². The molecule has 8 N–H and O–H groups in total. The molecule has 0 saturated carbocycles. The fourth-order valence-electron chi connectivity index (χ4n) is 8.48. The van der Waals surface area contributed by atoms with E-state index in [1.807, 2.05) is 0 Å². The molecule has 10 aromatic rings. The van der Waals surface area contributed by atoms with Crippen molar-refractivity contribution in [1.29, 1.82) is 0 Å². The summed E-state index contributed by atoms with van der Waals surface area (Å²) in [4.78, 5) is -3.59. The maximum absolute atomic E-state index is 12.7. The van der Waals surface area contributed by atoms with Crippen LogP contribution >= 0.6 is 0 Å². The first-order chi connectivity index (χ1) is 37.8. The van der Waals surface area contributed by atoms with Crippen molar-refractivity contribution in [2.75, 3.05) is 0 Å². The monoisotopic (exact) mass is 1150 g/mol. The van der Waals surface area contributed by atoms with Crippen LogP contribution in [0.3, 0.4) is 0 Å². The number of hydrogen-bond donors (Lipinski definition) is 8. The van der Waals surface area contributed by atoms with Gasteiger partial charge in [0.15, 0.2) is 11.5 Å². The van der Waals surface area contributed by atoms with Crippen molar-refractivity contribution in [3.05, 3.63) is 158 Å². The first kappa shape index (κ1) is 53.9. The minimum atomic E-state index is -5.23. The molecule has 0 radical (unpaired) electrons. The van der Waals surface area contributed by atoms with E-state index in [-0.39, 0.29) is 55.8 Å². The molecule has 0 fully saturated rings. The Morgan fingerprint density at radius 1 is 0.312 bits per heavy atom. The van der Waals surface area contributed by atoms with E-state index < -0.39 is 94.3 Å². The van der Waals surface area contributed by atoms with Crippen LogP contribution in [-0.4, -0.2) is 72.3 Å². The lowest BCUT2D eigenvalue weighted by atomic mass is 10.1. The molecule has 0 aliphatic heterocycles. The Hall–Kier alpha value is -9.52. The van der Waals surface area contributed by atoms with Crippen LogP contribution in [0.15, 0.2) is 218 Å². The van der Waals surface area contributed by atoms with Gasteiger partial charge in [0, 0.05) is 10.8 Å². The first-order valence-electron chi connectivity index (χ1n) is 22.7. The van der Waals surface area contributed by atoms with Crippen LogP contribution in [0.4, 0.5) is 45.5 Å². The summed E-state index contributed by atoms with van der Waals surface area (Å²) in [5.74, 6) is -2.53.